The number of fused-ring (bicyclic) bond motifs is 1. The number of amides is 4. The molecule has 4 aromatic rings. The van der Waals surface area contributed by atoms with E-state index in [0.717, 1.165) is 21.2 Å². The van der Waals surface area contributed by atoms with Gasteiger partial charge in [-0.25, -0.2) is 9.69 Å². The lowest BCUT2D eigenvalue weighted by Crippen LogP contribution is -2.54. The number of ether oxygens (including phenoxy) is 1. The molecule has 184 valence electrons. The first-order valence-corrected chi connectivity index (χ1v) is 12.1. The van der Waals surface area contributed by atoms with Gasteiger partial charge >= 0.3 is 6.03 Å². The predicted molar refractivity (Wildman–Crippen MR) is 145 cm³/mol. The van der Waals surface area contributed by atoms with Crippen molar-refractivity contribution >= 4 is 63.6 Å². The van der Waals surface area contributed by atoms with Crippen molar-refractivity contribution in [2.75, 3.05) is 4.90 Å². The van der Waals surface area contributed by atoms with E-state index in [4.69, 9.17) is 27.9 Å². The highest BCUT2D eigenvalue weighted by Crippen LogP contribution is 2.33. The average Bonchev–Trinajstić information content (AvgIpc) is 2.89. The predicted octanol–water partition coefficient (Wildman–Crippen LogP) is 6.70. The molecule has 1 heterocycles. The normalized spacial score (nSPS) is 14.8. The van der Waals surface area contributed by atoms with E-state index in [9.17, 15) is 14.4 Å². The third-order valence-electron chi connectivity index (χ3n) is 6.11. The van der Waals surface area contributed by atoms with Crippen molar-refractivity contribution < 1.29 is 19.1 Å². The van der Waals surface area contributed by atoms with Crippen LogP contribution in [0.2, 0.25) is 10.0 Å². The molecule has 1 saturated heterocycles. The van der Waals surface area contributed by atoms with Gasteiger partial charge in [-0.2, -0.15) is 0 Å². The van der Waals surface area contributed by atoms with Gasteiger partial charge in [-0.1, -0.05) is 71.7 Å². The Labute approximate surface area is 223 Å². The molecule has 0 radical (unpaired) electrons. The first-order chi connectivity index (χ1) is 17.8. The van der Waals surface area contributed by atoms with Crippen molar-refractivity contribution in [1.29, 1.82) is 0 Å². The zero-order chi connectivity index (χ0) is 26.1. The lowest BCUT2D eigenvalue weighted by Gasteiger charge is -2.28. The molecule has 4 amide bonds. The Balaban J connectivity index is 1.59. The number of carbonyl (C=O) groups is 3. The summed E-state index contributed by atoms with van der Waals surface area (Å²) >= 11 is 12.2. The topological polar surface area (TPSA) is 75.7 Å². The first-order valence-electron chi connectivity index (χ1n) is 11.4. The number of hydrogen-bond acceptors (Lipinski definition) is 4. The van der Waals surface area contributed by atoms with Gasteiger partial charge in [-0.15, -0.1) is 0 Å². The fourth-order valence-electron chi connectivity index (χ4n) is 4.15. The molecule has 0 aromatic heterocycles. The van der Waals surface area contributed by atoms with Gasteiger partial charge in [0, 0.05) is 15.6 Å². The van der Waals surface area contributed by atoms with Crippen LogP contribution in [0.25, 0.3) is 16.8 Å². The van der Waals surface area contributed by atoms with E-state index < -0.39 is 17.8 Å². The van der Waals surface area contributed by atoms with E-state index in [2.05, 4.69) is 5.32 Å². The molecule has 1 N–H and O–H groups in total. The summed E-state index contributed by atoms with van der Waals surface area (Å²) < 4.78 is 6.12. The highest BCUT2D eigenvalue weighted by atomic mass is 35.5. The Morgan fingerprint density at radius 3 is 2.43 bits per heavy atom. The van der Waals surface area contributed by atoms with Crippen molar-refractivity contribution in [3.63, 3.8) is 0 Å². The molecule has 1 fully saturated rings. The molecule has 0 spiro atoms. The first kappa shape index (κ1) is 24.6. The van der Waals surface area contributed by atoms with E-state index in [0.29, 0.717) is 32.6 Å². The molecule has 1 aliphatic rings. The van der Waals surface area contributed by atoms with Crippen LogP contribution >= 0.6 is 23.2 Å². The van der Waals surface area contributed by atoms with Crippen LogP contribution in [0.5, 0.6) is 5.75 Å². The summed E-state index contributed by atoms with van der Waals surface area (Å²) in [5.41, 5.74) is 2.08. The molecule has 1 aliphatic heterocycles. The molecule has 5 rings (SSSR count). The van der Waals surface area contributed by atoms with E-state index in [1.807, 2.05) is 42.5 Å². The van der Waals surface area contributed by atoms with Gasteiger partial charge in [0.15, 0.2) is 0 Å². The minimum Gasteiger partial charge on any atom is -0.488 e. The van der Waals surface area contributed by atoms with Crippen molar-refractivity contribution in [3.05, 3.63) is 111 Å². The molecule has 0 bridgehead atoms. The lowest BCUT2D eigenvalue weighted by atomic mass is 9.99. The van der Waals surface area contributed by atoms with Crippen molar-refractivity contribution in [2.45, 2.75) is 13.5 Å². The molecular formula is C29H20Cl2N2O4. The molecular weight excluding hydrogens is 511 g/mol. The molecule has 0 aliphatic carbocycles. The second kappa shape index (κ2) is 10.1. The van der Waals surface area contributed by atoms with Gasteiger partial charge in [0.05, 0.1) is 5.69 Å². The number of anilines is 1. The second-order valence-corrected chi connectivity index (χ2v) is 9.30. The van der Waals surface area contributed by atoms with Crippen molar-refractivity contribution in [2.24, 2.45) is 0 Å². The third-order valence-corrected chi connectivity index (χ3v) is 6.77. The van der Waals surface area contributed by atoms with Crippen LogP contribution in [0, 0.1) is 6.92 Å². The Bertz CT molecular complexity index is 1600. The number of halogens is 2. The van der Waals surface area contributed by atoms with Gasteiger partial charge in [0.2, 0.25) is 0 Å². The Hall–Kier alpha value is -4.13. The summed E-state index contributed by atoms with van der Waals surface area (Å²) in [6.07, 6.45) is 1.47. The summed E-state index contributed by atoms with van der Waals surface area (Å²) in [7, 11) is 0. The number of nitrogens with one attached hydrogen (secondary N) is 1. The third kappa shape index (κ3) is 4.81. The summed E-state index contributed by atoms with van der Waals surface area (Å²) in [5.74, 6) is -1.07. The summed E-state index contributed by atoms with van der Waals surface area (Å²) in [5, 5.41) is 4.97. The molecule has 0 unspecified atom stereocenters. The van der Waals surface area contributed by atoms with Gasteiger partial charge in [0.25, 0.3) is 11.8 Å². The van der Waals surface area contributed by atoms with Crippen molar-refractivity contribution in [3.8, 4) is 5.75 Å². The van der Waals surface area contributed by atoms with Crippen LogP contribution in [-0.4, -0.2) is 17.8 Å². The van der Waals surface area contributed by atoms with Gasteiger partial charge in [-0.3, -0.25) is 14.9 Å². The van der Waals surface area contributed by atoms with E-state index in [1.54, 1.807) is 43.3 Å². The summed E-state index contributed by atoms with van der Waals surface area (Å²) in [6, 6.07) is 22.6. The smallest absolute Gasteiger partial charge is 0.335 e. The highest BCUT2D eigenvalue weighted by Gasteiger charge is 2.38. The molecule has 0 atom stereocenters. The fourth-order valence-corrected chi connectivity index (χ4v) is 4.45. The summed E-state index contributed by atoms with van der Waals surface area (Å²) in [6.45, 7) is 1.95. The number of imide groups is 2. The van der Waals surface area contributed by atoms with Crippen LogP contribution < -0.4 is 15.0 Å². The second-order valence-electron chi connectivity index (χ2n) is 8.46. The standard InChI is InChI=1S/C29H20Cl2N2O4/c1-17-24(31)7-4-8-25(17)33-28(35)23(27(34)32-29(33)36)15-22-21-6-3-2-5-19(21)11-14-26(22)37-16-18-9-12-20(30)13-10-18/h2-15H,16H2,1H3,(H,32,34,36)/b23-15+. The number of urea groups is 1. The van der Waals surface area contributed by atoms with Crippen LogP contribution in [0.3, 0.4) is 0 Å². The van der Waals surface area contributed by atoms with Crippen LogP contribution in [0.15, 0.2) is 84.4 Å². The molecule has 8 heteroatoms. The molecule has 37 heavy (non-hydrogen) atoms. The number of hydrogen-bond donors (Lipinski definition) is 1. The number of nitrogens with zero attached hydrogens (tertiary/aromatic N) is 1. The van der Waals surface area contributed by atoms with Gasteiger partial charge in [0.1, 0.15) is 17.9 Å². The Kier molecular flexibility index (Phi) is 6.70. The minimum atomic E-state index is -0.838. The lowest BCUT2D eigenvalue weighted by molar-refractivity contribution is -0.122. The number of carbonyl (C=O) groups excluding carboxylic acids is 3. The van der Waals surface area contributed by atoms with E-state index in [1.165, 1.54) is 6.08 Å². The SMILES string of the molecule is Cc1c(Cl)cccc1N1C(=O)NC(=O)/C(=C\c2c(OCc3ccc(Cl)cc3)ccc3ccccc23)C1=O. The van der Waals surface area contributed by atoms with E-state index >= 15 is 0 Å². The van der Waals surface area contributed by atoms with Crippen LogP contribution in [0.4, 0.5) is 10.5 Å². The Morgan fingerprint density at radius 2 is 1.65 bits per heavy atom. The number of rotatable bonds is 5. The summed E-state index contributed by atoms with van der Waals surface area (Å²) in [4.78, 5) is 40.1. The van der Waals surface area contributed by atoms with Crippen LogP contribution in [-0.2, 0) is 16.2 Å². The highest BCUT2D eigenvalue weighted by molar-refractivity contribution is 6.40. The molecule has 6 nitrogen and oxygen atoms in total. The van der Waals surface area contributed by atoms with E-state index in [-0.39, 0.29) is 12.2 Å². The van der Waals surface area contributed by atoms with Gasteiger partial charge in [-0.05, 0) is 65.2 Å². The zero-order valence-corrected chi connectivity index (χ0v) is 21.1. The quantitative estimate of drug-likeness (QED) is 0.230. The minimum absolute atomic E-state index is 0.202. The number of benzene rings is 4. The number of barbiturate groups is 1. The molecule has 4 aromatic carbocycles. The van der Waals surface area contributed by atoms with Crippen molar-refractivity contribution in [1.82, 2.24) is 5.32 Å². The average molecular weight is 531 g/mol. The maximum atomic E-state index is 13.6. The largest absolute Gasteiger partial charge is 0.488 e. The maximum Gasteiger partial charge on any atom is 0.335 e. The van der Waals surface area contributed by atoms with Crippen LogP contribution in [0.1, 0.15) is 16.7 Å². The Morgan fingerprint density at radius 1 is 0.892 bits per heavy atom. The fraction of sp³-hybridized carbons (Fsp3) is 0.0690. The zero-order valence-electron chi connectivity index (χ0n) is 19.6. The molecule has 0 saturated carbocycles. The maximum absolute atomic E-state index is 13.6. The van der Waals surface area contributed by atoms with Gasteiger partial charge < -0.3 is 4.74 Å². The monoisotopic (exact) mass is 530 g/mol.